The molecule has 1 aromatic heterocycles. The van der Waals surface area contributed by atoms with Gasteiger partial charge in [0.15, 0.2) is 0 Å². The molecule has 0 spiro atoms. The Hall–Kier alpha value is -0.266. The van der Waals surface area contributed by atoms with E-state index in [1.54, 1.807) is 0 Å². The Bertz CT molecular complexity index is 463. The Balaban J connectivity index is 0.000000980. The van der Waals surface area contributed by atoms with Gasteiger partial charge in [0.05, 0.1) is 0 Å². The van der Waals surface area contributed by atoms with Crippen LogP contribution in [-0.4, -0.2) is 4.98 Å². The first-order valence-electron chi connectivity index (χ1n) is 4.44. The minimum absolute atomic E-state index is 0. The first-order valence-corrected chi connectivity index (χ1v) is 4.44. The molecule has 0 saturated carbocycles. The van der Waals surface area contributed by atoms with Crippen molar-refractivity contribution < 1.29 is 32.7 Å². The van der Waals surface area contributed by atoms with E-state index in [1.807, 2.05) is 19.1 Å². The van der Waals surface area contributed by atoms with Crippen molar-refractivity contribution in [2.75, 3.05) is 0 Å². The maximum absolute atomic E-state index is 4.48. The number of rotatable bonds is 0. The van der Waals surface area contributed by atoms with Crippen LogP contribution in [-0.2, 0) is 32.7 Å². The smallest absolute Gasteiger partial charge is 0.280 e. The van der Waals surface area contributed by atoms with Gasteiger partial charge >= 0.3 is 32.7 Å². The van der Waals surface area contributed by atoms with Crippen LogP contribution >= 0.6 is 0 Å². The van der Waals surface area contributed by atoms with Crippen molar-refractivity contribution in [3.05, 3.63) is 41.1 Å². The molecule has 0 aliphatic rings. The third-order valence-corrected chi connectivity index (χ3v) is 2.62. The fourth-order valence-corrected chi connectivity index (χ4v) is 1.55. The van der Waals surface area contributed by atoms with Gasteiger partial charge in [0, 0.05) is 5.69 Å². The normalized spacial score (nSPS) is 9.93. The number of para-hydroxylation sites is 1. The zero-order chi connectivity index (χ0) is 9.42. The number of pyridine rings is 1. The third-order valence-electron chi connectivity index (χ3n) is 2.62. The quantitative estimate of drug-likeness (QED) is 0.663. The van der Waals surface area contributed by atoms with Crippen molar-refractivity contribution in [3.63, 3.8) is 0 Å². The van der Waals surface area contributed by atoms with Gasteiger partial charge in [-0.3, -0.25) is 4.98 Å². The van der Waals surface area contributed by atoms with Crippen molar-refractivity contribution in [3.8, 4) is 0 Å². The van der Waals surface area contributed by atoms with Crippen molar-refractivity contribution >= 4 is 10.9 Å². The van der Waals surface area contributed by atoms with Crippen molar-refractivity contribution in [2.45, 2.75) is 20.8 Å². The molecule has 66 valence electrons. The monoisotopic (exact) mass is 259 g/mol. The number of hydrogen-bond acceptors (Lipinski definition) is 1. The van der Waals surface area contributed by atoms with Crippen molar-refractivity contribution in [1.82, 2.24) is 4.98 Å². The second-order valence-corrected chi connectivity index (χ2v) is 3.38. The summed E-state index contributed by atoms with van der Waals surface area (Å²) in [6.07, 6.45) is 0. The van der Waals surface area contributed by atoms with E-state index < -0.39 is 0 Å². The van der Waals surface area contributed by atoms with Gasteiger partial charge in [-0.1, -0.05) is 12.5 Å². The van der Waals surface area contributed by atoms with Gasteiger partial charge < -0.3 is 0 Å². The van der Waals surface area contributed by atoms with Crippen LogP contribution in [0.15, 0.2) is 18.2 Å². The molecule has 1 heterocycles. The minimum atomic E-state index is 0. The summed E-state index contributed by atoms with van der Waals surface area (Å²) in [5.41, 5.74) is 4.68. The molecule has 0 saturated heterocycles. The Kier molecular flexibility index (Phi) is 3.80. The molecule has 2 rings (SSSR count). The van der Waals surface area contributed by atoms with Crippen molar-refractivity contribution in [1.29, 1.82) is 0 Å². The van der Waals surface area contributed by atoms with Gasteiger partial charge in [-0.2, -0.15) is 24.3 Å². The Morgan fingerprint density at radius 1 is 1.14 bits per heavy atom. The molecule has 1 nitrogen and oxygen atoms in total. The maximum Gasteiger partial charge on any atom is 3.00 e. The molecule has 2 heteroatoms. The number of aryl methyl sites for hydroxylation is 2. The topological polar surface area (TPSA) is 12.9 Å². The largest absolute Gasteiger partial charge is 3.00 e. The van der Waals surface area contributed by atoms with Gasteiger partial charge in [0.1, 0.15) is 0 Å². The standard InChI is InChI=1S/C12H12N.Y/c1-8-9(2)11-6-4-5-7-12(11)13-10(8)3;/h4-6H,1-3H3;/q-1;+3. The summed E-state index contributed by atoms with van der Waals surface area (Å²) < 4.78 is 0. The Morgan fingerprint density at radius 2 is 1.86 bits per heavy atom. The second kappa shape index (κ2) is 4.50. The van der Waals surface area contributed by atoms with Crippen LogP contribution in [0, 0.1) is 26.8 Å². The number of nitrogens with zero attached hydrogens (tertiary/aromatic N) is 1. The average Bonchev–Trinajstić information content (AvgIpc) is 2.15. The summed E-state index contributed by atoms with van der Waals surface area (Å²) in [6.45, 7) is 6.30. The van der Waals surface area contributed by atoms with E-state index in [1.165, 1.54) is 16.5 Å². The molecular formula is C12H12NY+2. The summed E-state index contributed by atoms with van der Waals surface area (Å²) >= 11 is 0. The zero-order valence-electron chi connectivity index (χ0n) is 8.76. The molecule has 0 aliphatic carbocycles. The molecular weight excluding hydrogens is 247 g/mol. The number of benzene rings is 1. The predicted molar refractivity (Wildman–Crippen MR) is 54.8 cm³/mol. The summed E-state index contributed by atoms with van der Waals surface area (Å²) in [4.78, 5) is 4.48. The van der Waals surface area contributed by atoms with E-state index >= 15 is 0 Å². The van der Waals surface area contributed by atoms with Gasteiger partial charge in [0.2, 0.25) is 0 Å². The summed E-state index contributed by atoms with van der Waals surface area (Å²) in [5.74, 6) is 0. The van der Waals surface area contributed by atoms with E-state index in [0.717, 1.165) is 11.2 Å². The molecule has 0 amide bonds. The summed E-state index contributed by atoms with van der Waals surface area (Å²) in [7, 11) is 0. The predicted octanol–water partition coefficient (Wildman–Crippen LogP) is 2.96. The van der Waals surface area contributed by atoms with Crippen molar-refractivity contribution in [2.24, 2.45) is 0 Å². The van der Waals surface area contributed by atoms with Crippen LogP contribution in [0.2, 0.25) is 0 Å². The van der Waals surface area contributed by atoms with Crippen LogP contribution in [0.3, 0.4) is 0 Å². The van der Waals surface area contributed by atoms with E-state index in [-0.39, 0.29) is 32.7 Å². The van der Waals surface area contributed by atoms with Crippen LogP contribution in [0.5, 0.6) is 0 Å². The second-order valence-electron chi connectivity index (χ2n) is 3.38. The fraction of sp³-hybridized carbons (Fsp3) is 0.250. The van der Waals surface area contributed by atoms with Gasteiger partial charge in [-0.15, -0.1) is 5.39 Å². The fourth-order valence-electron chi connectivity index (χ4n) is 1.55. The molecule has 2 aromatic rings. The van der Waals surface area contributed by atoms with E-state index in [2.05, 4.69) is 31.0 Å². The average molecular weight is 259 g/mol. The number of fused-ring (bicyclic) bond motifs is 1. The SMILES string of the molecule is Cc1nc2[c-]cccc2c(C)c1C.[Y+3]. The molecule has 0 bridgehead atoms. The molecule has 0 aliphatic heterocycles. The molecule has 0 atom stereocenters. The molecule has 0 N–H and O–H groups in total. The van der Waals surface area contributed by atoms with Crippen LogP contribution in [0.25, 0.3) is 10.9 Å². The molecule has 14 heavy (non-hydrogen) atoms. The molecule has 0 unspecified atom stereocenters. The van der Waals surface area contributed by atoms with E-state index in [0.29, 0.717) is 0 Å². The van der Waals surface area contributed by atoms with E-state index in [4.69, 9.17) is 0 Å². The summed E-state index contributed by atoms with van der Waals surface area (Å²) in [6, 6.07) is 9.16. The minimum Gasteiger partial charge on any atom is -0.280 e. The molecule has 1 aromatic carbocycles. The third kappa shape index (κ3) is 1.89. The maximum atomic E-state index is 4.48. The van der Waals surface area contributed by atoms with Gasteiger partial charge in [-0.05, 0) is 24.9 Å². The first kappa shape index (κ1) is 11.8. The molecule has 0 radical (unpaired) electrons. The Morgan fingerprint density at radius 3 is 2.57 bits per heavy atom. The van der Waals surface area contributed by atoms with E-state index in [9.17, 15) is 0 Å². The van der Waals surface area contributed by atoms with Gasteiger partial charge in [-0.25, -0.2) is 0 Å². The number of hydrogen-bond donors (Lipinski definition) is 0. The van der Waals surface area contributed by atoms with Crippen LogP contribution in [0.1, 0.15) is 16.8 Å². The van der Waals surface area contributed by atoms with Gasteiger partial charge in [0.25, 0.3) is 0 Å². The van der Waals surface area contributed by atoms with Crippen LogP contribution in [0.4, 0.5) is 0 Å². The zero-order valence-corrected chi connectivity index (χ0v) is 11.6. The number of aromatic nitrogens is 1. The van der Waals surface area contributed by atoms with Crippen LogP contribution < -0.4 is 0 Å². The Labute approximate surface area is 110 Å². The first-order chi connectivity index (χ1) is 6.20. The summed E-state index contributed by atoms with van der Waals surface area (Å²) in [5, 5.41) is 1.21. The molecule has 0 fully saturated rings.